The lowest BCUT2D eigenvalue weighted by Gasteiger charge is -2.03. The summed E-state index contributed by atoms with van der Waals surface area (Å²) in [5.74, 6) is 0.205. The predicted molar refractivity (Wildman–Crippen MR) is 66.5 cm³/mol. The van der Waals surface area contributed by atoms with Crippen LogP contribution in [0.3, 0.4) is 0 Å². The molecule has 0 aliphatic carbocycles. The van der Waals surface area contributed by atoms with Crippen LogP contribution in [0.1, 0.15) is 0 Å². The highest BCUT2D eigenvalue weighted by Gasteiger charge is 2.10. The second kappa shape index (κ2) is 3.71. The number of halogens is 1. The molecule has 17 heavy (non-hydrogen) atoms. The van der Waals surface area contributed by atoms with E-state index in [1.807, 2.05) is 24.3 Å². The van der Waals surface area contributed by atoms with E-state index >= 15 is 0 Å². The highest BCUT2D eigenvalue weighted by molar-refractivity contribution is 6.30. The molecule has 0 aliphatic rings. The quantitative estimate of drug-likeness (QED) is 0.689. The second-order valence-electron chi connectivity index (χ2n) is 3.57. The third-order valence-corrected chi connectivity index (χ3v) is 2.66. The fraction of sp³-hybridized carbons (Fsp3) is 0. The molecule has 0 bridgehead atoms. The fourth-order valence-corrected chi connectivity index (χ4v) is 1.90. The summed E-state index contributed by atoms with van der Waals surface area (Å²) in [7, 11) is 0. The number of aromatic amines is 1. The molecule has 5 nitrogen and oxygen atoms in total. The minimum atomic E-state index is 0.205. The van der Waals surface area contributed by atoms with Crippen molar-refractivity contribution >= 4 is 28.6 Å². The molecule has 3 aromatic rings. The van der Waals surface area contributed by atoms with Gasteiger partial charge in [-0.25, -0.2) is 4.98 Å². The van der Waals surface area contributed by atoms with Crippen molar-refractivity contribution in [3.63, 3.8) is 0 Å². The number of anilines is 1. The Labute approximate surface area is 102 Å². The van der Waals surface area contributed by atoms with Crippen molar-refractivity contribution in [1.29, 1.82) is 0 Å². The summed E-state index contributed by atoms with van der Waals surface area (Å²) in [6.07, 6.45) is 1.67. The molecular formula is C11H8ClN5. The molecule has 1 aromatic carbocycles. The lowest BCUT2D eigenvalue weighted by Crippen LogP contribution is -1.97. The normalized spacial score (nSPS) is 10.9. The monoisotopic (exact) mass is 245 g/mol. The van der Waals surface area contributed by atoms with Crippen molar-refractivity contribution in [2.45, 2.75) is 0 Å². The Morgan fingerprint density at radius 3 is 2.94 bits per heavy atom. The van der Waals surface area contributed by atoms with Gasteiger partial charge < -0.3 is 5.73 Å². The second-order valence-corrected chi connectivity index (χ2v) is 4.01. The van der Waals surface area contributed by atoms with E-state index < -0.39 is 0 Å². The SMILES string of the molecule is Nc1nc(-c2cccc(Cl)c2)c2cn[nH]c2n1. The summed E-state index contributed by atoms with van der Waals surface area (Å²) >= 11 is 5.96. The van der Waals surface area contributed by atoms with Crippen LogP contribution in [0.25, 0.3) is 22.3 Å². The van der Waals surface area contributed by atoms with Gasteiger partial charge in [-0.2, -0.15) is 10.1 Å². The molecule has 3 N–H and O–H groups in total. The van der Waals surface area contributed by atoms with Gasteiger partial charge in [-0.05, 0) is 12.1 Å². The van der Waals surface area contributed by atoms with E-state index in [1.165, 1.54) is 0 Å². The zero-order valence-electron chi connectivity index (χ0n) is 8.68. The van der Waals surface area contributed by atoms with Crippen LogP contribution in [0.2, 0.25) is 5.02 Å². The number of H-pyrrole nitrogens is 1. The number of rotatable bonds is 1. The van der Waals surface area contributed by atoms with Gasteiger partial charge in [0.25, 0.3) is 0 Å². The lowest BCUT2D eigenvalue weighted by molar-refractivity contribution is 1.09. The van der Waals surface area contributed by atoms with Crippen molar-refractivity contribution < 1.29 is 0 Å². The molecule has 2 heterocycles. The minimum absolute atomic E-state index is 0.205. The Balaban J connectivity index is 2.32. The van der Waals surface area contributed by atoms with Crippen LogP contribution in [0, 0.1) is 0 Å². The van der Waals surface area contributed by atoms with Gasteiger partial charge in [0.1, 0.15) is 0 Å². The molecule has 0 saturated carbocycles. The van der Waals surface area contributed by atoms with E-state index in [4.69, 9.17) is 17.3 Å². The Kier molecular flexibility index (Phi) is 2.19. The first-order valence-corrected chi connectivity index (χ1v) is 5.34. The van der Waals surface area contributed by atoms with Gasteiger partial charge in [0.05, 0.1) is 17.3 Å². The van der Waals surface area contributed by atoms with Gasteiger partial charge in [-0.1, -0.05) is 23.7 Å². The minimum Gasteiger partial charge on any atom is -0.368 e. The molecule has 84 valence electrons. The Bertz CT molecular complexity index is 691. The average Bonchev–Trinajstić information content (AvgIpc) is 2.75. The van der Waals surface area contributed by atoms with Crippen LogP contribution >= 0.6 is 11.6 Å². The molecule has 3 rings (SSSR count). The predicted octanol–water partition coefficient (Wildman–Crippen LogP) is 2.26. The zero-order valence-corrected chi connectivity index (χ0v) is 9.44. The van der Waals surface area contributed by atoms with Crippen LogP contribution in [0.15, 0.2) is 30.5 Å². The smallest absolute Gasteiger partial charge is 0.222 e. The van der Waals surface area contributed by atoms with E-state index in [1.54, 1.807) is 6.20 Å². The summed E-state index contributed by atoms with van der Waals surface area (Å²) < 4.78 is 0. The number of hydrogen-bond donors (Lipinski definition) is 2. The molecule has 2 aromatic heterocycles. The van der Waals surface area contributed by atoms with Gasteiger partial charge in [0.2, 0.25) is 5.95 Å². The third kappa shape index (κ3) is 1.70. The maximum atomic E-state index is 5.96. The Morgan fingerprint density at radius 1 is 1.24 bits per heavy atom. The standard InChI is InChI=1S/C11H8ClN5/c12-7-3-1-2-6(4-7)9-8-5-14-17-10(8)16-11(13)15-9/h1-5H,(H3,13,14,15,16,17). The number of nitrogens with zero attached hydrogens (tertiary/aromatic N) is 3. The van der Waals surface area contributed by atoms with E-state index in [2.05, 4.69) is 20.2 Å². The van der Waals surface area contributed by atoms with Crippen molar-refractivity contribution in [2.24, 2.45) is 0 Å². The molecule has 0 fully saturated rings. The van der Waals surface area contributed by atoms with Crippen molar-refractivity contribution in [2.75, 3.05) is 5.73 Å². The van der Waals surface area contributed by atoms with E-state index in [-0.39, 0.29) is 5.95 Å². The highest BCUT2D eigenvalue weighted by atomic mass is 35.5. The molecular weight excluding hydrogens is 238 g/mol. The van der Waals surface area contributed by atoms with Crippen molar-refractivity contribution in [3.05, 3.63) is 35.5 Å². The number of fused-ring (bicyclic) bond motifs is 1. The van der Waals surface area contributed by atoms with Crippen molar-refractivity contribution in [3.8, 4) is 11.3 Å². The zero-order chi connectivity index (χ0) is 11.8. The summed E-state index contributed by atoms with van der Waals surface area (Å²) in [6, 6.07) is 7.42. The molecule has 0 unspecified atom stereocenters. The fourth-order valence-electron chi connectivity index (χ4n) is 1.71. The Morgan fingerprint density at radius 2 is 2.12 bits per heavy atom. The molecule has 0 spiro atoms. The van der Waals surface area contributed by atoms with Crippen LogP contribution in [-0.4, -0.2) is 20.2 Å². The molecule has 0 aliphatic heterocycles. The number of nitrogen functional groups attached to an aromatic ring is 1. The summed E-state index contributed by atoms with van der Waals surface area (Å²) in [5, 5.41) is 8.18. The number of nitrogens with one attached hydrogen (secondary N) is 1. The number of benzene rings is 1. The van der Waals surface area contributed by atoms with Gasteiger partial charge in [-0.3, -0.25) is 5.10 Å². The summed E-state index contributed by atoms with van der Waals surface area (Å²) in [4.78, 5) is 8.29. The largest absolute Gasteiger partial charge is 0.368 e. The number of nitrogens with two attached hydrogens (primary N) is 1. The first kappa shape index (κ1) is 10.0. The topological polar surface area (TPSA) is 80.5 Å². The molecule has 0 atom stereocenters. The van der Waals surface area contributed by atoms with E-state index in [0.29, 0.717) is 10.7 Å². The molecule has 0 saturated heterocycles. The maximum Gasteiger partial charge on any atom is 0.222 e. The van der Waals surface area contributed by atoms with Crippen LogP contribution in [0.4, 0.5) is 5.95 Å². The van der Waals surface area contributed by atoms with E-state index in [9.17, 15) is 0 Å². The van der Waals surface area contributed by atoms with Crippen LogP contribution in [0.5, 0.6) is 0 Å². The third-order valence-electron chi connectivity index (χ3n) is 2.43. The first-order chi connectivity index (χ1) is 8.24. The molecule has 6 heteroatoms. The molecule has 0 radical (unpaired) electrons. The maximum absolute atomic E-state index is 5.96. The van der Waals surface area contributed by atoms with Crippen LogP contribution in [-0.2, 0) is 0 Å². The molecule has 0 amide bonds. The van der Waals surface area contributed by atoms with Gasteiger partial charge in [0.15, 0.2) is 5.65 Å². The highest BCUT2D eigenvalue weighted by Crippen LogP contribution is 2.27. The van der Waals surface area contributed by atoms with Crippen LogP contribution < -0.4 is 5.73 Å². The summed E-state index contributed by atoms with van der Waals surface area (Å²) in [5.41, 5.74) is 7.89. The van der Waals surface area contributed by atoms with Crippen molar-refractivity contribution in [1.82, 2.24) is 20.2 Å². The number of hydrogen-bond acceptors (Lipinski definition) is 4. The van der Waals surface area contributed by atoms with Gasteiger partial charge in [0, 0.05) is 10.6 Å². The Hall–Kier alpha value is -2.14. The summed E-state index contributed by atoms with van der Waals surface area (Å²) in [6.45, 7) is 0. The first-order valence-electron chi connectivity index (χ1n) is 4.96. The van der Waals surface area contributed by atoms with Gasteiger partial charge >= 0.3 is 0 Å². The van der Waals surface area contributed by atoms with Gasteiger partial charge in [-0.15, -0.1) is 0 Å². The van der Waals surface area contributed by atoms with E-state index in [0.717, 1.165) is 16.6 Å². The lowest BCUT2D eigenvalue weighted by atomic mass is 10.1. The number of aromatic nitrogens is 4. The average molecular weight is 246 g/mol.